The van der Waals surface area contributed by atoms with E-state index in [-0.39, 0.29) is 24.4 Å². The average Bonchev–Trinajstić information content (AvgIpc) is 2.75. The maximum absolute atomic E-state index is 12.8. The third kappa shape index (κ3) is 2.48. The standard InChI is InChI=1S/C12H14FNO4S/c1-12(11(15)16)6-7-14(8-12)19(17,18)10-4-2-9(13)3-5-10/h2-5H,6-8H2,1H3,(H,15,16). The molecule has 1 fully saturated rings. The Balaban J connectivity index is 2.28. The lowest BCUT2D eigenvalue weighted by molar-refractivity contribution is -0.146. The van der Waals surface area contributed by atoms with Crippen LogP contribution in [0.15, 0.2) is 29.2 Å². The van der Waals surface area contributed by atoms with Gasteiger partial charge >= 0.3 is 5.97 Å². The van der Waals surface area contributed by atoms with E-state index in [0.29, 0.717) is 0 Å². The number of halogens is 1. The second-order valence-corrected chi connectivity index (χ2v) is 6.85. The number of carbonyl (C=O) groups is 1. The molecule has 0 aromatic heterocycles. The van der Waals surface area contributed by atoms with E-state index >= 15 is 0 Å². The van der Waals surface area contributed by atoms with E-state index in [1.807, 2.05) is 0 Å². The van der Waals surface area contributed by atoms with Crippen molar-refractivity contribution >= 4 is 16.0 Å². The fraction of sp³-hybridized carbons (Fsp3) is 0.417. The Hall–Kier alpha value is -1.47. The van der Waals surface area contributed by atoms with Crippen LogP contribution in [0.2, 0.25) is 0 Å². The number of aliphatic carboxylic acids is 1. The van der Waals surface area contributed by atoms with Crippen LogP contribution in [0, 0.1) is 11.2 Å². The molecule has 0 aliphatic carbocycles. The summed E-state index contributed by atoms with van der Waals surface area (Å²) >= 11 is 0. The molecule has 2 rings (SSSR count). The van der Waals surface area contributed by atoms with Crippen molar-refractivity contribution in [3.05, 3.63) is 30.1 Å². The summed E-state index contributed by atoms with van der Waals surface area (Å²) in [5.74, 6) is -1.53. The van der Waals surface area contributed by atoms with E-state index in [0.717, 1.165) is 16.4 Å². The lowest BCUT2D eigenvalue weighted by Gasteiger charge is -2.20. The van der Waals surface area contributed by atoms with Crippen molar-refractivity contribution in [1.82, 2.24) is 4.31 Å². The zero-order valence-electron chi connectivity index (χ0n) is 10.3. The highest BCUT2D eigenvalue weighted by atomic mass is 32.2. The van der Waals surface area contributed by atoms with Gasteiger partial charge in [0.05, 0.1) is 10.3 Å². The van der Waals surface area contributed by atoms with Crippen molar-refractivity contribution in [2.75, 3.05) is 13.1 Å². The number of carboxylic acid groups (broad SMARTS) is 1. The Morgan fingerprint density at radius 2 is 1.95 bits per heavy atom. The van der Waals surface area contributed by atoms with Crippen LogP contribution in [0.5, 0.6) is 0 Å². The summed E-state index contributed by atoms with van der Waals surface area (Å²) < 4.78 is 38.5. The molecule has 0 spiro atoms. The van der Waals surface area contributed by atoms with Gasteiger partial charge in [0.15, 0.2) is 0 Å². The van der Waals surface area contributed by atoms with Gasteiger partial charge in [-0.2, -0.15) is 4.31 Å². The molecule has 0 saturated carbocycles. The van der Waals surface area contributed by atoms with E-state index in [4.69, 9.17) is 5.11 Å². The number of nitrogens with zero attached hydrogens (tertiary/aromatic N) is 1. The molecule has 0 bridgehead atoms. The molecule has 1 aliphatic rings. The number of rotatable bonds is 3. The van der Waals surface area contributed by atoms with Gasteiger partial charge in [-0.15, -0.1) is 0 Å². The zero-order valence-corrected chi connectivity index (χ0v) is 11.2. The van der Waals surface area contributed by atoms with Gasteiger partial charge in [-0.3, -0.25) is 4.79 Å². The molecule has 0 amide bonds. The van der Waals surface area contributed by atoms with Gasteiger partial charge in [-0.1, -0.05) is 0 Å². The van der Waals surface area contributed by atoms with Crippen LogP contribution in [-0.4, -0.2) is 36.9 Å². The number of hydrogen-bond donors (Lipinski definition) is 1. The summed E-state index contributed by atoms with van der Waals surface area (Å²) in [7, 11) is -3.76. The molecule has 1 atom stereocenters. The van der Waals surface area contributed by atoms with Crippen molar-refractivity contribution in [2.24, 2.45) is 5.41 Å². The largest absolute Gasteiger partial charge is 0.481 e. The molecular formula is C12H14FNO4S. The first-order chi connectivity index (χ1) is 8.75. The zero-order chi connectivity index (χ0) is 14.3. The topological polar surface area (TPSA) is 74.7 Å². The molecule has 1 saturated heterocycles. The Labute approximate surface area is 110 Å². The predicted molar refractivity (Wildman–Crippen MR) is 65.5 cm³/mol. The Morgan fingerprint density at radius 1 is 1.37 bits per heavy atom. The molecule has 1 aliphatic heterocycles. The summed E-state index contributed by atoms with van der Waals surface area (Å²) in [6, 6.07) is 4.50. The number of benzene rings is 1. The fourth-order valence-corrected chi connectivity index (χ4v) is 3.62. The smallest absolute Gasteiger partial charge is 0.310 e. The van der Waals surface area contributed by atoms with Gasteiger partial charge in [0.1, 0.15) is 5.82 Å². The molecule has 1 heterocycles. The van der Waals surface area contributed by atoms with Crippen LogP contribution < -0.4 is 0 Å². The Bertz CT molecular complexity index is 599. The van der Waals surface area contributed by atoms with Crippen molar-refractivity contribution in [3.63, 3.8) is 0 Å². The fourth-order valence-electron chi connectivity index (χ4n) is 2.05. The predicted octanol–water partition coefficient (Wildman–Crippen LogP) is 1.31. The van der Waals surface area contributed by atoms with Gasteiger partial charge in [-0.05, 0) is 37.6 Å². The Morgan fingerprint density at radius 3 is 2.42 bits per heavy atom. The van der Waals surface area contributed by atoms with E-state index < -0.39 is 27.2 Å². The van der Waals surface area contributed by atoms with Gasteiger partial charge in [0.25, 0.3) is 0 Å². The minimum absolute atomic E-state index is 0.0245. The van der Waals surface area contributed by atoms with E-state index in [1.165, 1.54) is 19.1 Å². The third-order valence-corrected chi connectivity index (χ3v) is 5.27. The molecule has 1 aromatic rings. The molecular weight excluding hydrogens is 273 g/mol. The SMILES string of the molecule is CC1(C(=O)O)CCN(S(=O)(=O)c2ccc(F)cc2)C1. The minimum atomic E-state index is -3.76. The highest BCUT2D eigenvalue weighted by Gasteiger charge is 2.44. The normalized spacial score (nSPS) is 24.5. The molecule has 5 nitrogen and oxygen atoms in total. The Kier molecular flexibility index (Phi) is 3.36. The highest BCUT2D eigenvalue weighted by Crippen LogP contribution is 2.33. The number of carboxylic acids is 1. The van der Waals surface area contributed by atoms with Crippen LogP contribution in [0.3, 0.4) is 0 Å². The van der Waals surface area contributed by atoms with Gasteiger partial charge < -0.3 is 5.11 Å². The minimum Gasteiger partial charge on any atom is -0.481 e. The molecule has 7 heteroatoms. The maximum Gasteiger partial charge on any atom is 0.310 e. The summed E-state index contributed by atoms with van der Waals surface area (Å²) in [5.41, 5.74) is -1.06. The van der Waals surface area contributed by atoms with E-state index in [1.54, 1.807) is 0 Å². The first-order valence-corrected chi connectivity index (χ1v) is 7.19. The molecule has 19 heavy (non-hydrogen) atoms. The molecule has 0 radical (unpaired) electrons. The van der Waals surface area contributed by atoms with Crippen LogP contribution in [0.25, 0.3) is 0 Å². The van der Waals surface area contributed by atoms with Crippen LogP contribution in [-0.2, 0) is 14.8 Å². The summed E-state index contributed by atoms with van der Waals surface area (Å²) in [4.78, 5) is 11.1. The first-order valence-electron chi connectivity index (χ1n) is 5.75. The molecule has 104 valence electrons. The average molecular weight is 287 g/mol. The maximum atomic E-state index is 12.8. The van der Waals surface area contributed by atoms with Gasteiger partial charge in [0.2, 0.25) is 10.0 Å². The van der Waals surface area contributed by atoms with E-state index in [2.05, 4.69) is 0 Å². The monoisotopic (exact) mass is 287 g/mol. The third-order valence-electron chi connectivity index (χ3n) is 3.41. The van der Waals surface area contributed by atoms with Crippen molar-refractivity contribution in [1.29, 1.82) is 0 Å². The van der Waals surface area contributed by atoms with Crippen molar-refractivity contribution < 1.29 is 22.7 Å². The van der Waals surface area contributed by atoms with Crippen LogP contribution in [0.4, 0.5) is 4.39 Å². The van der Waals surface area contributed by atoms with Gasteiger partial charge in [0, 0.05) is 13.1 Å². The van der Waals surface area contributed by atoms with Crippen LogP contribution >= 0.6 is 0 Å². The molecule has 1 aromatic carbocycles. The number of hydrogen-bond acceptors (Lipinski definition) is 3. The molecule has 1 unspecified atom stereocenters. The summed E-state index contributed by atoms with van der Waals surface area (Å²) in [6.45, 7) is 1.61. The van der Waals surface area contributed by atoms with Crippen molar-refractivity contribution in [2.45, 2.75) is 18.2 Å². The van der Waals surface area contributed by atoms with E-state index in [9.17, 15) is 17.6 Å². The molecule has 1 N–H and O–H groups in total. The number of sulfonamides is 1. The first kappa shape index (κ1) is 14.0. The summed E-state index contributed by atoms with van der Waals surface area (Å²) in [6.07, 6.45) is 0.267. The highest BCUT2D eigenvalue weighted by molar-refractivity contribution is 7.89. The second kappa shape index (κ2) is 4.57. The lowest BCUT2D eigenvalue weighted by atomic mass is 9.90. The lowest BCUT2D eigenvalue weighted by Crippen LogP contribution is -2.34. The quantitative estimate of drug-likeness (QED) is 0.909. The van der Waals surface area contributed by atoms with Crippen LogP contribution in [0.1, 0.15) is 13.3 Å². The van der Waals surface area contributed by atoms with Gasteiger partial charge in [-0.25, -0.2) is 12.8 Å². The summed E-state index contributed by atoms with van der Waals surface area (Å²) in [5, 5.41) is 9.09. The van der Waals surface area contributed by atoms with Crippen molar-refractivity contribution in [3.8, 4) is 0 Å². The second-order valence-electron chi connectivity index (χ2n) is 4.91.